The Labute approximate surface area is 219 Å². The third-order valence-electron chi connectivity index (χ3n) is 5.34. The molecule has 3 rings (SSSR count). The molecule has 0 aromatic heterocycles. The molecule has 0 spiro atoms. The summed E-state index contributed by atoms with van der Waals surface area (Å²) < 4.78 is 10.6. The lowest BCUT2D eigenvalue weighted by Crippen LogP contribution is -2.29. The van der Waals surface area contributed by atoms with Gasteiger partial charge in [-0.2, -0.15) is 0 Å². The van der Waals surface area contributed by atoms with Gasteiger partial charge in [0.1, 0.15) is 4.32 Å². The van der Waals surface area contributed by atoms with Crippen LogP contribution in [0.5, 0.6) is 11.5 Å². The number of ether oxygens (including phenoxy) is 2. The average Bonchev–Trinajstić information content (AvgIpc) is 3.12. The van der Waals surface area contributed by atoms with E-state index in [4.69, 9.17) is 21.7 Å². The number of unbranched alkanes of at least 4 members (excludes halogenated alkanes) is 2. The van der Waals surface area contributed by atoms with E-state index in [9.17, 15) is 19.5 Å². The number of phenols is 1. The number of hydrogen-bond donors (Lipinski definition) is 2. The quantitative estimate of drug-likeness (QED) is 0.182. The number of carbonyl (C=O) groups excluding carboxylic acids is 3. The molecule has 1 saturated heterocycles. The molecule has 0 radical (unpaired) electrons. The highest BCUT2D eigenvalue weighted by Gasteiger charge is 2.31. The number of rotatable bonds is 11. The minimum atomic E-state index is -0.395. The van der Waals surface area contributed by atoms with Gasteiger partial charge in [-0.1, -0.05) is 36.5 Å². The first-order valence-corrected chi connectivity index (χ1v) is 12.7. The average molecular weight is 529 g/mol. The second-order valence-corrected chi connectivity index (χ2v) is 9.60. The molecule has 8 nitrogen and oxygen atoms in total. The largest absolute Gasteiger partial charge is 0.504 e. The Morgan fingerprint density at radius 3 is 2.58 bits per heavy atom. The Morgan fingerprint density at radius 1 is 1.14 bits per heavy atom. The molecule has 2 aromatic carbocycles. The van der Waals surface area contributed by atoms with Crippen molar-refractivity contribution < 1.29 is 29.0 Å². The number of aromatic hydroxyl groups is 1. The van der Waals surface area contributed by atoms with Crippen molar-refractivity contribution in [1.29, 1.82) is 0 Å². The van der Waals surface area contributed by atoms with Crippen LogP contribution in [-0.2, 0) is 14.3 Å². The number of nitrogens with one attached hydrogen (secondary N) is 1. The van der Waals surface area contributed by atoms with Gasteiger partial charge in [0, 0.05) is 18.7 Å². The molecule has 36 heavy (non-hydrogen) atoms. The number of hydrogen-bond acceptors (Lipinski definition) is 8. The van der Waals surface area contributed by atoms with Crippen molar-refractivity contribution in [3.63, 3.8) is 0 Å². The summed E-state index contributed by atoms with van der Waals surface area (Å²) in [6.45, 7) is 2.54. The van der Waals surface area contributed by atoms with E-state index in [1.807, 2.05) is 0 Å². The number of thioether (sulfide) groups is 1. The molecule has 0 unspecified atom stereocenters. The molecule has 10 heteroatoms. The number of anilines is 1. The van der Waals surface area contributed by atoms with E-state index in [-0.39, 0.29) is 17.6 Å². The molecule has 1 aliphatic heterocycles. The standard InChI is InChI=1S/C26H28N2O6S2/c1-3-34-25(32)18-9-11-19(12-10-18)27-23(30)7-5-4-6-14-28-24(31)22(36-26(28)35)16-17-8-13-20(29)21(15-17)33-2/h8-13,15-16,29H,3-7,14H2,1-2H3,(H,27,30)/b22-16-. The molecule has 0 bridgehead atoms. The smallest absolute Gasteiger partial charge is 0.338 e. The van der Waals surface area contributed by atoms with Crippen LogP contribution in [0, 0.1) is 0 Å². The number of benzene rings is 2. The van der Waals surface area contributed by atoms with Gasteiger partial charge in [0.15, 0.2) is 11.5 Å². The number of amides is 2. The lowest BCUT2D eigenvalue weighted by molar-refractivity contribution is -0.122. The van der Waals surface area contributed by atoms with E-state index in [1.54, 1.807) is 54.3 Å². The van der Waals surface area contributed by atoms with Crippen LogP contribution in [0.15, 0.2) is 47.4 Å². The summed E-state index contributed by atoms with van der Waals surface area (Å²) in [5.41, 5.74) is 1.78. The predicted molar refractivity (Wildman–Crippen MR) is 144 cm³/mol. The van der Waals surface area contributed by atoms with Crippen LogP contribution in [0.2, 0.25) is 0 Å². The third kappa shape index (κ3) is 7.32. The van der Waals surface area contributed by atoms with Crippen molar-refractivity contribution in [2.75, 3.05) is 25.6 Å². The second-order valence-electron chi connectivity index (χ2n) is 7.92. The van der Waals surface area contributed by atoms with Gasteiger partial charge in [-0.25, -0.2) is 4.79 Å². The lowest BCUT2D eigenvalue weighted by Gasteiger charge is -2.14. The van der Waals surface area contributed by atoms with Crippen molar-refractivity contribution in [3.8, 4) is 11.5 Å². The van der Waals surface area contributed by atoms with E-state index >= 15 is 0 Å². The molecule has 0 aliphatic carbocycles. The van der Waals surface area contributed by atoms with E-state index in [1.165, 1.54) is 24.9 Å². The molecule has 1 heterocycles. The van der Waals surface area contributed by atoms with Crippen molar-refractivity contribution in [2.45, 2.75) is 32.6 Å². The highest BCUT2D eigenvalue weighted by Crippen LogP contribution is 2.34. The maximum absolute atomic E-state index is 12.8. The van der Waals surface area contributed by atoms with Crippen molar-refractivity contribution in [1.82, 2.24) is 4.90 Å². The second kappa shape index (κ2) is 13.1. The van der Waals surface area contributed by atoms with Crippen molar-refractivity contribution >= 4 is 57.8 Å². The molecular weight excluding hydrogens is 500 g/mol. The minimum absolute atomic E-state index is 0.0304. The van der Waals surface area contributed by atoms with Gasteiger partial charge in [0.25, 0.3) is 5.91 Å². The summed E-state index contributed by atoms with van der Waals surface area (Å²) in [5, 5.41) is 12.6. The van der Waals surface area contributed by atoms with Crippen LogP contribution in [0.25, 0.3) is 6.08 Å². The Hall–Kier alpha value is -3.37. The van der Waals surface area contributed by atoms with Crippen LogP contribution in [0.1, 0.15) is 48.5 Å². The third-order valence-corrected chi connectivity index (χ3v) is 6.72. The maximum atomic E-state index is 12.8. The molecule has 2 N–H and O–H groups in total. The molecule has 0 atom stereocenters. The molecule has 2 aromatic rings. The van der Waals surface area contributed by atoms with Crippen molar-refractivity contribution in [3.05, 3.63) is 58.5 Å². The zero-order valence-corrected chi connectivity index (χ0v) is 21.7. The highest BCUT2D eigenvalue weighted by molar-refractivity contribution is 8.26. The van der Waals surface area contributed by atoms with E-state index < -0.39 is 5.97 Å². The first-order chi connectivity index (χ1) is 17.3. The lowest BCUT2D eigenvalue weighted by atomic mass is 10.1. The van der Waals surface area contributed by atoms with Gasteiger partial charge < -0.3 is 19.9 Å². The van der Waals surface area contributed by atoms with E-state index in [2.05, 4.69) is 5.32 Å². The van der Waals surface area contributed by atoms with Gasteiger partial charge in [-0.3, -0.25) is 14.5 Å². The summed E-state index contributed by atoms with van der Waals surface area (Å²) >= 11 is 6.62. The zero-order chi connectivity index (χ0) is 26.1. The number of carbonyl (C=O) groups is 3. The van der Waals surface area contributed by atoms with E-state index in [0.29, 0.717) is 58.6 Å². The van der Waals surface area contributed by atoms with Gasteiger partial charge >= 0.3 is 5.97 Å². The van der Waals surface area contributed by atoms with Gasteiger partial charge in [0.2, 0.25) is 5.91 Å². The molecule has 1 fully saturated rings. The maximum Gasteiger partial charge on any atom is 0.338 e. The SMILES string of the molecule is CCOC(=O)c1ccc(NC(=O)CCCCCN2C(=O)/C(=C/c3ccc(O)c(OC)c3)SC2=S)cc1. The van der Waals surface area contributed by atoms with Crippen LogP contribution >= 0.6 is 24.0 Å². The predicted octanol–water partition coefficient (Wildman–Crippen LogP) is 4.98. The van der Waals surface area contributed by atoms with Crippen molar-refractivity contribution in [2.24, 2.45) is 0 Å². The Kier molecular flexibility index (Phi) is 9.89. The fraction of sp³-hybridized carbons (Fsp3) is 0.308. The fourth-order valence-electron chi connectivity index (χ4n) is 3.49. The summed E-state index contributed by atoms with van der Waals surface area (Å²) in [4.78, 5) is 38.8. The molecule has 190 valence electrons. The van der Waals surface area contributed by atoms with Gasteiger partial charge in [0.05, 0.1) is 24.2 Å². The van der Waals surface area contributed by atoms with Crippen LogP contribution in [0.4, 0.5) is 5.69 Å². The minimum Gasteiger partial charge on any atom is -0.504 e. The summed E-state index contributed by atoms with van der Waals surface area (Å²) in [7, 11) is 1.46. The number of methoxy groups -OCH3 is 1. The van der Waals surface area contributed by atoms with Gasteiger partial charge in [-0.15, -0.1) is 0 Å². The van der Waals surface area contributed by atoms with Crippen LogP contribution in [0.3, 0.4) is 0 Å². The number of esters is 1. The molecule has 2 amide bonds. The van der Waals surface area contributed by atoms with Gasteiger partial charge in [-0.05, 0) is 67.8 Å². The number of thiocarbonyl (C=S) groups is 1. The summed E-state index contributed by atoms with van der Waals surface area (Å²) in [5.74, 6) is -0.300. The Balaban J connectivity index is 1.41. The first-order valence-electron chi connectivity index (χ1n) is 11.5. The summed E-state index contributed by atoms with van der Waals surface area (Å²) in [6, 6.07) is 11.4. The molecule has 1 aliphatic rings. The molecular formula is C26H28N2O6S2. The topological polar surface area (TPSA) is 105 Å². The van der Waals surface area contributed by atoms with E-state index in [0.717, 1.165) is 12.0 Å². The zero-order valence-electron chi connectivity index (χ0n) is 20.1. The van der Waals surface area contributed by atoms with Crippen LogP contribution < -0.4 is 10.1 Å². The Morgan fingerprint density at radius 2 is 1.89 bits per heavy atom. The number of nitrogens with zero attached hydrogens (tertiary/aromatic N) is 1. The highest BCUT2D eigenvalue weighted by atomic mass is 32.2. The summed E-state index contributed by atoms with van der Waals surface area (Å²) in [6.07, 6.45) is 4.23. The monoisotopic (exact) mass is 528 g/mol. The fourth-order valence-corrected chi connectivity index (χ4v) is 4.80. The first kappa shape index (κ1) is 27.2. The Bertz CT molecular complexity index is 1160. The molecule has 0 saturated carbocycles. The number of phenolic OH excluding ortho intramolecular Hbond substituents is 1. The normalized spacial score (nSPS) is 14.3. The van der Waals surface area contributed by atoms with Crippen LogP contribution in [-0.4, -0.2) is 52.4 Å².